The Balaban J connectivity index is 0.000000130. The molecule has 0 bridgehead atoms. The van der Waals surface area contributed by atoms with Gasteiger partial charge in [-0.05, 0) is 125 Å². The number of nitrogens with two attached hydrogens (primary N) is 1. The molecule has 3 heterocycles. The molecule has 9 aromatic rings. The first-order valence-corrected chi connectivity index (χ1v) is 21.5. The van der Waals surface area contributed by atoms with Gasteiger partial charge in [-0.1, -0.05) is 69.7 Å². The number of benzene rings is 6. The van der Waals surface area contributed by atoms with E-state index < -0.39 is 11.9 Å². The first-order valence-electron chi connectivity index (χ1n) is 20.4. The Hall–Kier alpha value is -6.30. The maximum Gasteiger partial charge on any atom is 0.329 e. The van der Waals surface area contributed by atoms with Crippen LogP contribution in [-0.4, -0.2) is 41.8 Å². The van der Waals surface area contributed by atoms with Gasteiger partial charge in [0, 0.05) is 107 Å². The van der Waals surface area contributed by atoms with E-state index in [0.717, 1.165) is 73.1 Å². The second-order valence-corrected chi connectivity index (χ2v) is 17.4. The van der Waals surface area contributed by atoms with Crippen molar-refractivity contribution in [1.82, 2.24) is 19.2 Å². The second-order valence-electron chi connectivity index (χ2n) is 16.1. The number of hydrogen-bond acceptors (Lipinski definition) is 4. The van der Waals surface area contributed by atoms with Crippen molar-refractivity contribution in [2.45, 2.75) is 52.6 Å². The number of carbonyl (C=O) groups is 3. The van der Waals surface area contributed by atoms with Crippen LogP contribution in [0.15, 0.2) is 115 Å². The fourth-order valence-corrected chi connectivity index (χ4v) is 9.22. The predicted octanol–water partition coefficient (Wildman–Crippen LogP) is 12.2. The van der Waals surface area contributed by atoms with Gasteiger partial charge in [-0.15, -0.1) is 0 Å². The number of amides is 2. The number of nitrogens with zero attached hydrogens (tertiary/aromatic N) is 3. The van der Waals surface area contributed by atoms with Crippen LogP contribution in [-0.2, 0) is 20.9 Å². The smallest absolute Gasteiger partial charge is 0.329 e. The molecule has 10 nitrogen and oxygen atoms in total. The minimum atomic E-state index is -0.971. The molecule has 63 heavy (non-hydrogen) atoms. The summed E-state index contributed by atoms with van der Waals surface area (Å²) in [6, 6.07) is 36.5. The largest absolute Gasteiger partial charge is 0.478 e. The first-order chi connectivity index (χ1) is 30.2. The maximum absolute atomic E-state index is 11.3. The van der Waals surface area contributed by atoms with Crippen LogP contribution in [0.2, 0.25) is 15.1 Å². The van der Waals surface area contributed by atoms with E-state index in [-0.39, 0.29) is 18.2 Å². The Morgan fingerprint density at radius 3 is 1.54 bits per heavy atom. The number of primary amides is 1. The number of hydroxylamine groups is 1. The van der Waals surface area contributed by atoms with Crippen LogP contribution in [0.5, 0.6) is 0 Å². The third-order valence-corrected chi connectivity index (χ3v) is 12.5. The molecular formula is C50H44Cl3N5O5. The van der Waals surface area contributed by atoms with E-state index >= 15 is 0 Å². The number of carbonyl (C=O) groups excluding carboxylic acids is 2. The number of aromatic nitrogens is 3. The number of aryl methyl sites for hydroxylation is 4. The Morgan fingerprint density at radius 2 is 1.03 bits per heavy atom. The van der Waals surface area contributed by atoms with E-state index in [2.05, 4.69) is 58.5 Å². The summed E-state index contributed by atoms with van der Waals surface area (Å²) >= 11 is 18.4. The number of halogens is 3. The van der Waals surface area contributed by atoms with Crippen LogP contribution in [0.25, 0.3) is 71.6 Å². The van der Waals surface area contributed by atoms with Crippen LogP contribution in [0, 0.1) is 26.7 Å². The fourth-order valence-electron chi connectivity index (χ4n) is 8.70. The quantitative estimate of drug-likeness (QED) is 0.0715. The molecule has 5 N–H and O–H groups in total. The van der Waals surface area contributed by atoms with Crippen LogP contribution in [0.4, 0.5) is 0 Å². The molecule has 3 aromatic heterocycles. The SMILES string of the molecule is Cc1ccc2c(c1)c1cc(Cl)ccc1n2/C=C/C(=O)O.Cc1ccc2c(c1)c1cc(Cl)ccc1n2C1CC(C(N)=O)C1.Cc1ccc2c(c1)c1cc(Cl)ccc1n2CCC(=O)NO. The lowest BCUT2D eigenvalue weighted by Gasteiger charge is -2.35. The zero-order valence-electron chi connectivity index (χ0n) is 34.7. The van der Waals surface area contributed by atoms with Crippen molar-refractivity contribution in [3.8, 4) is 0 Å². The molecule has 1 aliphatic carbocycles. The van der Waals surface area contributed by atoms with Gasteiger partial charge in [-0.3, -0.25) is 14.8 Å². The Labute approximate surface area is 377 Å². The molecule has 0 atom stereocenters. The molecule has 1 saturated carbocycles. The van der Waals surface area contributed by atoms with E-state index in [9.17, 15) is 14.4 Å². The molecular weight excluding hydrogens is 857 g/mol. The summed E-state index contributed by atoms with van der Waals surface area (Å²) in [4.78, 5) is 33.4. The number of fused-ring (bicyclic) bond motifs is 9. The molecule has 0 radical (unpaired) electrons. The summed E-state index contributed by atoms with van der Waals surface area (Å²) in [5.74, 6) is -1.54. The van der Waals surface area contributed by atoms with Gasteiger partial charge in [0.1, 0.15) is 0 Å². The molecule has 1 fully saturated rings. The standard InChI is InChI=1S/C18H17ClN2O.C16H15ClN2O2.C16H12ClNO2/c1-10-2-4-16-14(6-10)15-9-12(19)3-5-17(15)21(16)13-7-11(8-13)18(20)22;1-10-2-4-14-12(8-10)13-9-11(17)3-5-15(13)19(14)7-6-16(20)18-21;1-10-2-4-14-12(8-10)13-9-11(17)3-5-15(13)18(14)7-6-16(19)20/h2-6,9,11,13H,7-8H2,1H3,(H2,20,22);2-5,8-9,21H,6-7H2,1H3,(H,18,20);2-9H,1H3,(H,19,20)/b;;7-6+. The van der Waals surface area contributed by atoms with Gasteiger partial charge in [-0.2, -0.15) is 0 Å². The second kappa shape index (κ2) is 17.8. The molecule has 0 spiro atoms. The van der Waals surface area contributed by atoms with Crippen molar-refractivity contribution in [3.63, 3.8) is 0 Å². The molecule has 320 valence electrons. The predicted molar refractivity (Wildman–Crippen MR) is 256 cm³/mol. The van der Waals surface area contributed by atoms with Crippen LogP contribution >= 0.6 is 34.8 Å². The van der Waals surface area contributed by atoms with E-state index in [1.807, 2.05) is 79.1 Å². The van der Waals surface area contributed by atoms with Crippen LogP contribution in [0.1, 0.15) is 42.0 Å². The minimum absolute atomic E-state index is 0.00949. The number of aliphatic carboxylic acids is 1. The van der Waals surface area contributed by atoms with Crippen LogP contribution < -0.4 is 11.2 Å². The van der Waals surface area contributed by atoms with Crippen molar-refractivity contribution in [3.05, 3.63) is 147 Å². The monoisotopic (exact) mass is 899 g/mol. The van der Waals surface area contributed by atoms with Gasteiger partial charge >= 0.3 is 5.97 Å². The maximum atomic E-state index is 11.3. The van der Waals surface area contributed by atoms with Gasteiger partial charge in [0.2, 0.25) is 11.8 Å². The third-order valence-electron chi connectivity index (χ3n) is 11.8. The normalized spacial score (nSPS) is 14.8. The van der Waals surface area contributed by atoms with Crippen LogP contribution in [0.3, 0.4) is 0 Å². The number of nitrogens with one attached hydrogen (secondary N) is 1. The summed E-state index contributed by atoms with van der Waals surface area (Å²) in [6.45, 7) is 6.67. The Bertz CT molecular complexity index is 3130. The molecule has 13 heteroatoms. The molecule has 0 unspecified atom stereocenters. The molecule has 2 amide bonds. The van der Waals surface area contributed by atoms with Gasteiger partial charge in [-0.25, -0.2) is 10.3 Å². The van der Waals surface area contributed by atoms with Gasteiger partial charge in [0.05, 0.1) is 11.0 Å². The van der Waals surface area contributed by atoms with E-state index in [4.69, 9.17) is 50.9 Å². The highest BCUT2D eigenvalue weighted by Gasteiger charge is 2.35. The lowest BCUT2D eigenvalue weighted by atomic mass is 9.79. The minimum Gasteiger partial charge on any atom is -0.478 e. The van der Waals surface area contributed by atoms with Gasteiger partial charge < -0.3 is 24.5 Å². The Kier molecular flexibility index (Phi) is 12.3. The van der Waals surface area contributed by atoms with E-state index in [1.165, 1.54) is 32.9 Å². The van der Waals surface area contributed by atoms with E-state index in [0.29, 0.717) is 22.6 Å². The summed E-state index contributed by atoms with van der Waals surface area (Å²) in [7, 11) is 0. The summed E-state index contributed by atoms with van der Waals surface area (Å²) < 4.78 is 6.30. The highest BCUT2D eigenvalue weighted by molar-refractivity contribution is 6.33. The molecule has 0 saturated heterocycles. The third kappa shape index (κ3) is 8.72. The highest BCUT2D eigenvalue weighted by atomic mass is 35.5. The molecule has 6 aromatic carbocycles. The average molecular weight is 901 g/mol. The van der Waals surface area contributed by atoms with E-state index in [1.54, 1.807) is 17.7 Å². The number of carboxylic acid groups (broad SMARTS) is 1. The topological polar surface area (TPSA) is 145 Å². The average Bonchev–Trinajstić information content (AvgIpc) is 3.82. The molecule has 0 aliphatic heterocycles. The first kappa shape index (κ1) is 43.4. The number of rotatable bonds is 7. The van der Waals surface area contributed by atoms with Crippen molar-refractivity contribution < 1.29 is 24.7 Å². The molecule has 10 rings (SSSR count). The Morgan fingerprint density at radius 1 is 0.635 bits per heavy atom. The highest BCUT2D eigenvalue weighted by Crippen LogP contribution is 2.44. The van der Waals surface area contributed by atoms with Gasteiger partial charge in [0.25, 0.3) is 0 Å². The zero-order valence-corrected chi connectivity index (χ0v) is 37.0. The fraction of sp³-hybridized carbons (Fsp3) is 0.180. The van der Waals surface area contributed by atoms with Crippen molar-refractivity contribution >= 4 is 124 Å². The van der Waals surface area contributed by atoms with Gasteiger partial charge in [0.15, 0.2) is 0 Å². The summed E-state index contributed by atoms with van der Waals surface area (Å²) in [5, 5.41) is 26.2. The number of hydrogen-bond donors (Lipinski definition) is 4. The number of carboxylic acids is 1. The zero-order chi connectivity index (χ0) is 44.7. The lowest BCUT2D eigenvalue weighted by molar-refractivity contribution is -0.131. The lowest BCUT2D eigenvalue weighted by Crippen LogP contribution is -2.36. The summed E-state index contributed by atoms with van der Waals surface area (Å²) in [5.41, 5.74) is 17.0. The molecule has 1 aliphatic rings. The summed E-state index contributed by atoms with van der Waals surface area (Å²) in [6.07, 6.45) is 4.56. The van der Waals surface area contributed by atoms with Crippen molar-refractivity contribution in [2.24, 2.45) is 11.7 Å². The van der Waals surface area contributed by atoms with Crippen molar-refractivity contribution in [2.75, 3.05) is 0 Å². The van der Waals surface area contributed by atoms with Crippen molar-refractivity contribution in [1.29, 1.82) is 0 Å².